The van der Waals surface area contributed by atoms with Gasteiger partial charge >= 0.3 is 0 Å². The molecule has 2 fully saturated rings. The number of carbonyl (C=O) groups excluding carboxylic acids is 1. The number of hydrogen-bond acceptors (Lipinski definition) is 2. The molecule has 2 saturated carbocycles. The molecule has 3 nitrogen and oxygen atoms in total. The highest BCUT2D eigenvalue weighted by Gasteiger charge is 2.37. The van der Waals surface area contributed by atoms with Gasteiger partial charge in [0.2, 0.25) is 5.91 Å². The van der Waals surface area contributed by atoms with Gasteiger partial charge in [-0.25, -0.2) is 0 Å². The van der Waals surface area contributed by atoms with Gasteiger partial charge < -0.3 is 11.1 Å². The number of nitrogens with one attached hydrogen (secondary N) is 1. The highest BCUT2D eigenvalue weighted by Crippen LogP contribution is 2.30. The Bertz CT molecular complexity index is 329. The van der Waals surface area contributed by atoms with Crippen LogP contribution in [0.3, 0.4) is 0 Å². The molecule has 0 aromatic carbocycles. The number of amides is 1. The molecule has 0 bridgehead atoms. The van der Waals surface area contributed by atoms with E-state index in [0.717, 1.165) is 38.5 Å². The van der Waals surface area contributed by atoms with Crippen LogP contribution in [0, 0.1) is 5.92 Å². The van der Waals surface area contributed by atoms with Crippen molar-refractivity contribution in [3.63, 3.8) is 0 Å². The maximum atomic E-state index is 12.5. The number of hydrogen-bond donors (Lipinski definition) is 2. The average molecular weight is 282 g/mol. The molecule has 2 aliphatic rings. The van der Waals surface area contributed by atoms with Crippen LogP contribution >= 0.6 is 12.2 Å². The lowest BCUT2D eigenvalue weighted by Crippen LogP contribution is -2.57. The molecule has 108 valence electrons. The van der Waals surface area contributed by atoms with Gasteiger partial charge in [-0.2, -0.15) is 0 Å². The first kappa shape index (κ1) is 14.8. The summed E-state index contributed by atoms with van der Waals surface area (Å²) in [5.41, 5.74) is 5.56. The molecule has 19 heavy (non-hydrogen) atoms. The Kier molecular flexibility index (Phi) is 5.20. The lowest BCUT2D eigenvalue weighted by Gasteiger charge is -2.35. The van der Waals surface area contributed by atoms with E-state index >= 15 is 0 Å². The molecule has 0 atom stereocenters. The molecule has 1 amide bonds. The van der Waals surface area contributed by atoms with E-state index in [9.17, 15) is 4.79 Å². The number of carbonyl (C=O) groups is 1. The Morgan fingerprint density at radius 2 is 1.53 bits per heavy atom. The van der Waals surface area contributed by atoms with E-state index < -0.39 is 5.54 Å². The third-order valence-corrected chi connectivity index (χ3v) is 5.16. The van der Waals surface area contributed by atoms with Crippen LogP contribution in [0.4, 0.5) is 0 Å². The Hall–Kier alpha value is -0.640. The molecule has 2 rings (SSSR count). The van der Waals surface area contributed by atoms with Gasteiger partial charge in [0.05, 0.1) is 10.5 Å². The van der Waals surface area contributed by atoms with E-state index in [1.807, 2.05) is 0 Å². The molecule has 0 spiro atoms. The summed E-state index contributed by atoms with van der Waals surface area (Å²) in [4.78, 5) is 12.9. The summed E-state index contributed by atoms with van der Waals surface area (Å²) in [6.07, 6.45) is 12.2. The Labute approximate surface area is 121 Å². The molecule has 0 aromatic heterocycles. The minimum Gasteiger partial charge on any atom is -0.391 e. The second-order valence-corrected chi connectivity index (χ2v) is 6.62. The van der Waals surface area contributed by atoms with Crippen molar-refractivity contribution in [3.05, 3.63) is 0 Å². The predicted octanol–water partition coefficient (Wildman–Crippen LogP) is 3.06. The van der Waals surface area contributed by atoms with Crippen molar-refractivity contribution in [2.45, 2.75) is 76.2 Å². The zero-order valence-corrected chi connectivity index (χ0v) is 12.6. The Morgan fingerprint density at radius 1 is 1.00 bits per heavy atom. The lowest BCUT2D eigenvalue weighted by atomic mass is 9.85. The van der Waals surface area contributed by atoms with Gasteiger partial charge in [-0.05, 0) is 25.7 Å². The fourth-order valence-corrected chi connectivity index (χ4v) is 3.72. The van der Waals surface area contributed by atoms with E-state index in [4.69, 9.17) is 18.0 Å². The van der Waals surface area contributed by atoms with Crippen molar-refractivity contribution in [1.29, 1.82) is 0 Å². The smallest absolute Gasteiger partial charge is 0.223 e. The molecule has 0 radical (unpaired) electrons. The quantitative estimate of drug-likeness (QED) is 0.618. The summed E-state index contributed by atoms with van der Waals surface area (Å²) >= 11 is 5.27. The Morgan fingerprint density at radius 3 is 2.05 bits per heavy atom. The first-order valence-corrected chi connectivity index (χ1v) is 8.17. The molecule has 0 aliphatic heterocycles. The summed E-state index contributed by atoms with van der Waals surface area (Å²) in [6.45, 7) is 0. The van der Waals surface area contributed by atoms with Gasteiger partial charge in [-0.3, -0.25) is 4.79 Å². The minimum absolute atomic E-state index is 0.184. The topological polar surface area (TPSA) is 55.1 Å². The molecule has 4 heteroatoms. The van der Waals surface area contributed by atoms with E-state index in [1.165, 1.54) is 32.1 Å². The number of thiocarbonyl (C=S) groups is 1. The highest BCUT2D eigenvalue weighted by molar-refractivity contribution is 7.80. The van der Waals surface area contributed by atoms with Crippen molar-refractivity contribution in [1.82, 2.24) is 5.32 Å². The van der Waals surface area contributed by atoms with Crippen LogP contribution < -0.4 is 11.1 Å². The van der Waals surface area contributed by atoms with Crippen molar-refractivity contribution in [2.24, 2.45) is 11.7 Å². The van der Waals surface area contributed by atoms with Gasteiger partial charge in [0.1, 0.15) is 0 Å². The van der Waals surface area contributed by atoms with Crippen molar-refractivity contribution in [3.8, 4) is 0 Å². The third kappa shape index (κ3) is 3.68. The lowest BCUT2D eigenvalue weighted by molar-refractivity contribution is -0.127. The average Bonchev–Trinajstić information content (AvgIpc) is 2.66. The molecular formula is C15H26N2OS. The van der Waals surface area contributed by atoms with Gasteiger partial charge in [-0.15, -0.1) is 0 Å². The second kappa shape index (κ2) is 6.69. The fourth-order valence-electron chi connectivity index (χ4n) is 3.47. The first-order chi connectivity index (χ1) is 9.14. The monoisotopic (exact) mass is 282 g/mol. The number of rotatable bonds is 3. The SMILES string of the molecule is NC(=S)C1(NC(=O)C2CCCCC2)CCCCCC1. The van der Waals surface area contributed by atoms with Gasteiger partial charge in [0.15, 0.2) is 0 Å². The molecule has 3 N–H and O–H groups in total. The van der Waals surface area contributed by atoms with Gasteiger partial charge in [0, 0.05) is 5.92 Å². The van der Waals surface area contributed by atoms with Crippen LogP contribution in [0.2, 0.25) is 0 Å². The highest BCUT2D eigenvalue weighted by atomic mass is 32.1. The largest absolute Gasteiger partial charge is 0.391 e. The standard InChI is InChI=1S/C15H26N2OS/c16-14(19)15(10-6-1-2-7-11-15)17-13(18)12-8-4-3-5-9-12/h12H,1-11H2,(H2,16,19)(H,17,18). The first-order valence-electron chi connectivity index (χ1n) is 7.76. The molecule has 0 saturated heterocycles. The predicted molar refractivity (Wildman–Crippen MR) is 81.9 cm³/mol. The van der Waals surface area contributed by atoms with Crippen molar-refractivity contribution in [2.75, 3.05) is 0 Å². The van der Waals surface area contributed by atoms with E-state index in [2.05, 4.69) is 5.32 Å². The van der Waals surface area contributed by atoms with Gasteiger partial charge in [-0.1, -0.05) is 57.2 Å². The third-order valence-electron chi connectivity index (χ3n) is 4.77. The van der Waals surface area contributed by atoms with Gasteiger partial charge in [0.25, 0.3) is 0 Å². The van der Waals surface area contributed by atoms with Crippen LogP contribution in [-0.2, 0) is 4.79 Å². The summed E-state index contributed by atoms with van der Waals surface area (Å²) in [6, 6.07) is 0. The van der Waals surface area contributed by atoms with Crippen LogP contribution in [0.1, 0.15) is 70.6 Å². The fraction of sp³-hybridized carbons (Fsp3) is 0.867. The zero-order valence-electron chi connectivity index (χ0n) is 11.7. The van der Waals surface area contributed by atoms with E-state index in [0.29, 0.717) is 4.99 Å². The zero-order chi connectivity index (χ0) is 13.7. The summed E-state index contributed by atoms with van der Waals surface area (Å²) in [7, 11) is 0. The van der Waals surface area contributed by atoms with E-state index in [1.54, 1.807) is 0 Å². The molecular weight excluding hydrogens is 256 g/mol. The second-order valence-electron chi connectivity index (χ2n) is 6.18. The van der Waals surface area contributed by atoms with Crippen molar-refractivity contribution >= 4 is 23.1 Å². The van der Waals surface area contributed by atoms with Crippen LogP contribution in [0.5, 0.6) is 0 Å². The summed E-state index contributed by atoms with van der Waals surface area (Å²) in [5, 5.41) is 3.24. The number of nitrogens with two attached hydrogens (primary N) is 1. The van der Waals surface area contributed by atoms with Crippen LogP contribution in [0.25, 0.3) is 0 Å². The Balaban J connectivity index is 2.02. The molecule has 0 aromatic rings. The maximum Gasteiger partial charge on any atom is 0.223 e. The summed E-state index contributed by atoms with van der Waals surface area (Å²) < 4.78 is 0. The van der Waals surface area contributed by atoms with E-state index in [-0.39, 0.29) is 11.8 Å². The molecule has 2 aliphatic carbocycles. The maximum absolute atomic E-state index is 12.5. The van der Waals surface area contributed by atoms with Crippen LogP contribution in [-0.4, -0.2) is 16.4 Å². The molecule has 0 unspecified atom stereocenters. The summed E-state index contributed by atoms with van der Waals surface area (Å²) in [5.74, 6) is 0.373. The van der Waals surface area contributed by atoms with Crippen LogP contribution in [0.15, 0.2) is 0 Å². The molecule has 0 heterocycles. The normalized spacial score (nSPS) is 24.4. The minimum atomic E-state index is -0.402. The van der Waals surface area contributed by atoms with Crippen molar-refractivity contribution < 1.29 is 4.79 Å².